The number of hydrogen-bond acceptors (Lipinski definition) is 8. The summed E-state index contributed by atoms with van der Waals surface area (Å²) in [7, 11) is 0.374. The first-order valence-corrected chi connectivity index (χ1v) is 11.1. The lowest BCUT2D eigenvalue weighted by atomic mass is 10.1. The van der Waals surface area contributed by atoms with Crippen molar-refractivity contribution in [3.8, 4) is 11.5 Å². The standard InChI is InChI=1S/C21H22N4O6S/c1-28-13-14-5-6-16(29-2)19(11-14)32(26,27)24-21-20-17(30-3)9-15(10-18(20)31-23-21)12-25-8-4-7-22-25/h4-11H,12-13H2,1-3H3,(H,23,24). The Hall–Kier alpha value is -3.57. The molecule has 0 saturated heterocycles. The van der Waals surface area contributed by atoms with Crippen molar-refractivity contribution in [1.29, 1.82) is 0 Å². The topological polar surface area (TPSA) is 118 Å². The Balaban J connectivity index is 1.72. The molecule has 0 saturated carbocycles. The van der Waals surface area contributed by atoms with Gasteiger partial charge >= 0.3 is 0 Å². The van der Waals surface area contributed by atoms with Crippen LogP contribution in [-0.4, -0.2) is 44.7 Å². The Morgan fingerprint density at radius 2 is 1.88 bits per heavy atom. The molecule has 0 spiro atoms. The van der Waals surface area contributed by atoms with Crippen LogP contribution < -0.4 is 14.2 Å². The highest BCUT2D eigenvalue weighted by molar-refractivity contribution is 7.92. The van der Waals surface area contributed by atoms with Gasteiger partial charge in [0.15, 0.2) is 11.4 Å². The predicted octanol–water partition coefficient (Wildman–Crippen LogP) is 3.04. The van der Waals surface area contributed by atoms with Crippen LogP contribution in [-0.2, 0) is 27.9 Å². The number of ether oxygens (including phenoxy) is 3. The molecule has 11 heteroatoms. The third-order valence-corrected chi connectivity index (χ3v) is 6.14. The second kappa shape index (κ2) is 8.89. The minimum absolute atomic E-state index is 0.0155. The Kier molecular flexibility index (Phi) is 6.01. The molecule has 0 bridgehead atoms. The molecule has 4 aromatic rings. The summed E-state index contributed by atoms with van der Waals surface area (Å²) >= 11 is 0. The van der Waals surface area contributed by atoms with E-state index in [2.05, 4.69) is 15.0 Å². The molecule has 2 heterocycles. The van der Waals surface area contributed by atoms with Gasteiger partial charge in [0.2, 0.25) is 0 Å². The molecule has 4 rings (SSSR count). The van der Waals surface area contributed by atoms with Crippen LogP contribution in [0.5, 0.6) is 11.5 Å². The van der Waals surface area contributed by atoms with E-state index in [0.717, 1.165) is 5.56 Å². The van der Waals surface area contributed by atoms with Crippen molar-refractivity contribution in [2.75, 3.05) is 26.1 Å². The van der Waals surface area contributed by atoms with Crippen LogP contribution in [0.1, 0.15) is 11.1 Å². The first-order chi connectivity index (χ1) is 15.4. The van der Waals surface area contributed by atoms with Gasteiger partial charge in [-0.05, 0) is 41.5 Å². The first-order valence-electron chi connectivity index (χ1n) is 9.57. The van der Waals surface area contributed by atoms with Gasteiger partial charge in [-0.25, -0.2) is 8.42 Å². The van der Waals surface area contributed by atoms with E-state index in [1.165, 1.54) is 27.4 Å². The number of rotatable bonds is 9. The van der Waals surface area contributed by atoms with Crippen LogP contribution in [0, 0.1) is 0 Å². The van der Waals surface area contributed by atoms with E-state index in [9.17, 15) is 8.42 Å². The Bertz CT molecular complexity index is 1330. The normalized spacial score (nSPS) is 11.6. The SMILES string of the molecule is COCc1ccc(OC)c(S(=O)(=O)Nc2noc3cc(Cn4cccn4)cc(OC)c23)c1. The Morgan fingerprint density at radius 3 is 2.56 bits per heavy atom. The molecule has 0 aliphatic rings. The highest BCUT2D eigenvalue weighted by Crippen LogP contribution is 2.36. The maximum atomic E-state index is 13.2. The van der Waals surface area contributed by atoms with Crippen molar-refractivity contribution >= 4 is 26.8 Å². The summed E-state index contributed by atoms with van der Waals surface area (Å²) in [5.74, 6) is 0.629. The summed E-state index contributed by atoms with van der Waals surface area (Å²) in [5.41, 5.74) is 1.92. The van der Waals surface area contributed by atoms with Gasteiger partial charge in [-0.15, -0.1) is 0 Å². The molecular weight excluding hydrogens is 436 g/mol. The van der Waals surface area contributed by atoms with Crippen molar-refractivity contribution in [2.45, 2.75) is 18.0 Å². The number of hydrogen-bond donors (Lipinski definition) is 1. The molecule has 0 radical (unpaired) electrons. The van der Waals surface area contributed by atoms with E-state index in [1.807, 2.05) is 12.3 Å². The zero-order valence-corrected chi connectivity index (χ0v) is 18.5. The number of nitrogens with zero attached hydrogens (tertiary/aromatic N) is 3. The van der Waals surface area contributed by atoms with Gasteiger partial charge in [0.05, 0.1) is 27.4 Å². The number of anilines is 1. The fourth-order valence-electron chi connectivity index (χ4n) is 3.36. The molecule has 1 N–H and O–H groups in total. The van der Waals surface area contributed by atoms with Gasteiger partial charge in [0.1, 0.15) is 21.8 Å². The average Bonchev–Trinajstić information content (AvgIpc) is 3.43. The number of methoxy groups -OCH3 is 3. The third kappa shape index (κ3) is 4.25. The fourth-order valence-corrected chi connectivity index (χ4v) is 4.59. The van der Waals surface area contributed by atoms with Crippen molar-refractivity contribution in [3.05, 3.63) is 59.9 Å². The summed E-state index contributed by atoms with van der Waals surface area (Å²) in [4.78, 5) is -0.0417. The predicted molar refractivity (Wildman–Crippen MR) is 116 cm³/mol. The van der Waals surface area contributed by atoms with Gasteiger partial charge in [-0.1, -0.05) is 11.2 Å². The minimum atomic E-state index is -4.06. The van der Waals surface area contributed by atoms with Gasteiger partial charge < -0.3 is 18.7 Å². The largest absolute Gasteiger partial charge is 0.496 e. The molecule has 0 atom stereocenters. The van der Waals surface area contributed by atoms with Crippen LogP contribution >= 0.6 is 0 Å². The Morgan fingerprint density at radius 1 is 1.06 bits per heavy atom. The van der Waals surface area contributed by atoms with E-state index >= 15 is 0 Å². The van der Waals surface area contributed by atoms with Crippen molar-refractivity contribution in [1.82, 2.24) is 14.9 Å². The minimum Gasteiger partial charge on any atom is -0.496 e. The molecule has 0 aliphatic heterocycles. The van der Waals surface area contributed by atoms with Gasteiger partial charge in [-0.2, -0.15) is 5.10 Å². The third-order valence-electron chi connectivity index (χ3n) is 4.78. The number of aromatic nitrogens is 3. The molecule has 0 fully saturated rings. The van der Waals surface area contributed by atoms with Crippen molar-refractivity contribution in [2.24, 2.45) is 0 Å². The zero-order valence-electron chi connectivity index (χ0n) is 17.7. The molecule has 10 nitrogen and oxygen atoms in total. The van der Waals surface area contributed by atoms with Crippen LogP contribution in [0.4, 0.5) is 5.82 Å². The van der Waals surface area contributed by atoms with Gasteiger partial charge in [0, 0.05) is 19.5 Å². The fraction of sp³-hybridized carbons (Fsp3) is 0.238. The number of nitrogens with one attached hydrogen (secondary N) is 1. The second-order valence-corrected chi connectivity index (χ2v) is 8.58. The number of benzene rings is 2. The van der Waals surface area contributed by atoms with E-state index in [0.29, 0.717) is 28.8 Å². The second-order valence-electron chi connectivity index (χ2n) is 6.93. The lowest BCUT2D eigenvalue weighted by Crippen LogP contribution is -2.15. The number of sulfonamides is 1. The summed E-state index contributed by atoms with van der Waals surface area (Å²) in [6, 6.07) is 10.2. The first kappa shape index (κ1) is 21.7. The summed E-state index contributed by atoms with van der Waals surface area (Å²) in [5, 5.41) is 8.53. The Labute approximate surface area is 184 Å². The lowest BCUT2D eigenvalue weighted by molar-refractivity contribution is 0.184. The average molecular weight is 458 g/mol. The molecule has 32 heavy (non-hydrogen) atoms. The van der Waals surface area contributed by atoms with Crippen LogP contribution in [0.3, 0.4) is 0 Å². The highest BCUT2D eigenvalue weighted by Gasteiger charge is 2.25. The molecule has 2 aromatic carbocycles. The zero-order chi connectivity index (χ0) is 22.7. The molecule has 0 aliphatic carbocycles. The van der Waals surface area contributed by atoms with E-state index < -0.39 is 10.0 Å². The maximum Gasteiger partial charge on any atom is 0.266 e. The molecule has 0 amide bonds. The quantitative estimate of drug-likeness (QED) is 0.407. The van der Waals surface area contributed by atoms with Crippen LogP contribution in [0.15, 0.2) is 58.2 Å². The van der Waals surface area contributed by atoms with E-state index in [4.69, 9.17) is 18.7 Å². The smallest absolute Gasteiger partial charge is 0.266 e. The van der Waals surface area contributed by atoms with Crippen LogP contribution in [0.2, 0.25) is 0 Å². The lowest BCUT2D eigenvalue weighted by Gasteiger charge is -2.12. The van der Waals surface area contributed by atoms with Crippen LogP contribution in [0.25, 0.3) is 11.0 Å². The monoisotopic (exact) mass is 458 g/mol. The molecule has 0 unspecified atom stereocenters. The van der Waals surface area contributed by atoms with Gasteiger partial charge in [-0.3, -0.25) is 9.40 Å². The maximum absolute atomic E-state index is 13.2. The van der Waals surface area contributed by atoms with Gasteiger partial charge in [0.25, 0.3) is 10.0 Å². The van der Waals surface area contributed by atoms with Crippen molar-refractivity contribution < 1.29 is 27.2 Å². The number of fused-ring (bicyclic) bond motifs is 1. The van der Waals surface area contributed by atoms with Crippen molar-refractivity contribution in [3.63, 3.8) is 0 Å². The summed E-state index contributed by atoms with van der Waals surface area (Å²) in [6.45, 7) is 0.747. The van der Waals surface area contributed by atoms with E-state index in [-0.39, 0.29) is 23.1 Å². The summed E-state index contributed by atoms with van der Waals surface area (Å²) in [6.07, 6.45) is 3.52. The highest BCUT2D eigenvalue weighted by atomic mass is 32.2. The van der Waals surface area contributed by atoms with E-state index in [1.54, 1.807) is 35.1 Å². The molecular formula is C21H22N4O6S. The summed E-state index contributed by atoms with van der Waals surface area (Å²) < 4.78 is 51.9. The molecule has 168 valence electrons. The molecule has 2 aromatic heterocycles.